The van der Waals surface area contributed by atoms with Crippen molar-refractivity contribution in [3.05, 3.63) is 82.6 Å². The summed E-state index contributed by atoms with van der Waals surface area (Å²) in [7, 11) is 0. The number of carbonyl (C=O) groups excluding carboxylic acids is 3. The van der Waals surface area contributed by atoms with E-state index in [0.717, 1.165) is 10.5 Å². The first kappa shape index (κ1) is 31.0. The molecule has 0 radical (unpaired) electrons. The van der Waals surface area contributed by atoms with Crippen LogP contribution in [0.3, 0.4) is 0 Å². The van der Waals surface area contributed by atoms with Gasteiger partial charge in [0, 0.05) is 47.8 Å². The zero-order valence-corrected chi connectivity index (χ0v) is 25.2. The molecule has 3 amide bonds. The highest BCUT2D eigenvalue weighted by Gasteiger charge is 2.49. The Morgan fingerprint density at radius 3 is 2.55 bits per heavy atom. The van der Waals surface area contributed by atoms with Crippen molar-refractivity contribution in [2.75, 3.05) is 9.80 Å². The summed E-state index contributed by atoms with van der Waals surface area (Å²) in [6.07, 6.45) is 0.399. The lowest BCUT2D eigenvalue weighted by Gasteiger charge is -2.39. The molecule has 1 aliphatic heterocycles. The van der Waals surface area contributed by atoms with Gasteiger partial charge in [-0.15, -0.1) is 0 Å². The second kappa shape index (κ2) is 11.9. The van der Waals surface area contributed by atoms with Gasteiger partial charge in [0.05, 0.1) is 0 Å². The van der Waals surface area contributed by atoms with Crippen LogP contribution in [0.4, 0.5) is 20.4 Å². The van der Waals surface area contributed by atoms with Gasteiger partial charge >= 0.3 is 0 Å². The van der Waals surface area contributed by atoms with Crippen molar-refractivity contribution in [3.63, 3.8) is 0 Å². The molecule has 2 fully saturated rings. The van der Waals surface area contributed by atoms with Crippen molar-refractivity contribution in [1.29, 1.82) is 5.26 Å². The van der Waals surface area contributed by atoms with Gasteiger partial charge < -0.3 is 5.32 Å². The Morgan fingerprint density at radius 1 is 1.16 bits per heavy atom. The molecule has 2 aromatic carbocycles. The second-order valence-electron chi connectivity index (χ2n) is 12.1. The molecule has 1 aliphatic carbocycles. The van der Waals surface area contributed by atoms with E-state index in [1.165, 1.54) is 17.2 Å². The molecular weight excluding hydrogens is 590 g/mol. The Morgan fingerprint density at radius 2 is 1.89 bits per heavy atom. The van der Waals surface area contributed by atoms with E-state index >= 15 is 0 Å². The maximum Gasteiger partial charge on any atom is 0.252 e. The Kier molecular flexibility index (Phi) is 8.40. The lowest BCUT2D eigenvalue weighted by Crippen LogP contribution is -2.56. The van der Waals surface area contributed by atoms with Crippen molar-refractivity contribution < 1.29 is 23.2 Å². The number of halogens is 3. The molecule has 9 nitrogen and oxygen atoms in total. The summed E-state index contributed by atoms with van der Waals surface area (Å²) in [6, 6.07) is 13.7. The third-order valence-corrected chi connectivity index (χ3v) is 8.18. The zero-order valence-electron chi connectivity index (χ0n) is 24.4. The number of anilines is 2. The molecule has 2 aliphatic rings. The molecule has 1 aromatic heterocycles. The van der Waals surface area contributed by atoms with Crippen molar-refractivity contribution >= 4 is 41.0 Å². The number of nitrogens with one attached hydrogen (secondary N) is 1. The molecule has 228 valence electrons. The second-order valence-corrected chi connectivity index (χ2v) is 12.5. The van der Waals surface area contributed by atoms with Gasteiger partial charge in [0.15, 0.2) is 0 Å². The van der Waals surface area contributed by atoms with E-state index in [4.69, 9.17) is 11.6 Å². The van der Waals surface area contributed by atoms with Gasteiger partial charge in [-0.2, -0.15) is 5.26 Å². The average Bonchev–Trinajstić information content (AvgIpc) is 3.36. The van der Waals surface area contributed by atoms with Crippen LogP contribution in [0.2, 0.25) is 5.02 Å². The molecule has 44 heavy (non-hydrogen) atoms. The van der Waals surface area contributed by atoms with E-state index in [9.17, 15) is 28.4 Å². The fourth-order valence-electron chi connectivity index (χ4n) is 5.52. The molecular formula is C32H31ClF2N6O3. The molecule has 12 heteroatoms. The van der Waals surface area contributed by atoms with Crippen molar-refractivity contribution in [2.24, 2.45) is 0 Å². The van der Waals surface area contributed by atoms with Gasteiger partial charge in [-0.25, -0.2) is 18.7 Å². The molecule has 3 aromatic rings. The van der Waals surface area contributed by atoms with E-state index in [2.05, 4.69) is 15.3 Å². The van der Waals surface area contributed by atoms with E-state index in [-0.39, 0.29) is 40.5 Å². The van der Waals surface area contributed by atoms with Crippen LogP contribution in [0.25, 0.3) is 0 Å². The fourth-order valence-corrected chi connectivity index (χ4v) is 5.76. The highest BCUT2D eigenvalue weighted by molar-refractivity contribution is 6.31. The van der Waals surface area contributed by atoms with Crippen LogP contribution < -0.4 is 15.1 Å². The summed E-state index contributed by atoms with van der Waals surface area (Å²) in [6.45, 7) is 6.01. The molecule has 0 spiro atoms. The summed E-state index contributed by atoms with van der Waals surface area (Å²) in [5.74, 6) is -4.71. The number of benzene rings is 2. The lowest BCUT2D eigenvalue weighted by atomic mass is 9.86. The van der Waals surface area contributed by atoms with Crippen molar-refractivity contribution in [1.82, 2.24) is 15.3 Å². The van der Waals surface area contributed by atoms with Crippen LogP contribution in [0, 0.1) is 11.3 Å². The van der Waals surface area contributed by atoms with Gasteiger partial charge in [-0.05, 0) is 41.7 Å². The van der Waals surface area contributed by atoms with Crippen LogP contribution in [0.5, 0.6) is 0 Å². The quantitative estimate of drug-likeness (QED) is 0.373. The van der Waals surface area contributed by atoms with E-state index in [1.807, 2.05) is 32.9 Å². The molecule has 2 heterocycles. The normalized spacial score (nSPS) is 18.7. The molecule has 5 rings (SSSR count). The van der Waals surface area contributed by atoms with Gasteiger partial charge in [-0.1, -0.05) is 62.7 Å². The van der Waals surface area contributed by atoms with Crippen molar-refractivity contribution in [2.45, 2.75) is 75.9 Å². The third-order valence-electron chi connectivity index (χ3n) is 7.84. The number of carbonyl (C=O) groups is 3. The van der Waals surface area contributed by atoms with Crippen LogP contribution in [0.1, 0.15) is 69.3 Å². The monoisotopic (exact) mass is 620 g/mol. The number of amides is 3. The molecule has 1 N–H and O–H groups in total. The number of hydrogen-bond donors (Lipinski definition) is 1. The number of aromatic nitrogens is 2. The Hall–Kier alpha value is -4.43. The van der Waals surface area contributed by atoms with E-state index < -0.39 is 54.6 Å². The Bertz CT molecular complexity index is 1650. The van der Waals surface area contributed by atoms with Crippen LogP contribution in [-0.4, -0.2) is 45.7 Å². The van der Waals surface area contributed by atoms with Crippen LogP contribution in [-0.2, 0) is 19.8 Å². The first-order valence-corrected chi connectivity index (χ1v) is 14.6. The van der Waals surface area contributed by atoms with Gasteiger partial charge in [0.25, 0.3) is 11.8 Å². The van der Waals surface area contributed by atoms with Crippen LogP contribution >= 0.6 is 11.6 Å². The highest BCUT2D eigenvalue weighted by Crippen LogP contribution is 2.40. The highest BCUT2D eigenvalue weighted by atomic mass is 35.5. The van der Waals surface area contributed by atoms with Gasteiger partial charge in [0.2, 0.25) is 17.8 Å². The maximum atomic E-state index is 14.8. The molecule has 2 atom stereocenters. The molecule has 1 unspecified atom stereocenters. The molecule has 1 saturated heterocycles. The minimum atomic E-state index is -2.88. The minimum Gasteiger partial charge on any atom is -0.351 e. The summed E-state index contributed by atoms with van der Waals surface area (Å²) in [4.78, 5) is 52.7. The number of rotatable bonds is 7. The fraction of sp³-hybridized carbons (Fsp3) is 0.375. The van der Waals surface area contributed by atoms with Crippen LogP contribution in [0.15, 0.2) is 60.8 Å². The van der Waals surface area contributed by atoms with E-state index in [0.29, 0.717) is 5.69 Å². The number of nitriles is 1. The maximum absolute atomic E-state index is 14.8. The topological polar surface area (TPSA) is 119 Å². The van der Waals surface area contributed by atoms with E-state index in [1.54, 1.807) is 42.5 Å². The zero-order chi connectivity index (χ0) is 31.8. The number of nitrogens with zero attached hydrogens (tertiary/aromatic N) is 5. The molecule has 1 saturated carbocycles. The van der Waals surface area contributed by atoms with Crippen molar-refractivity contribution in [3.8, 4) is 6.07 Å². The number of hydrogen-bond acceptors (Lipinski definition) is 6. The average molecular weight is 621 g/mol. The van der Waals surface area contributed by atoms with Gasteiger partial charge in [-0.3, -0.25) is 24.2 Å². The lowest BCUT2D eigenvalue weighted by molar-refractivity contribution is -0.133. The minimum absolute atomic E-state index is 0.00648. The summed E-state index contributed by atoms with van der Waals surface area (Å²) in [5.41, 5.74) is 1.19. The predicted molar refractivity (Wildman–Crippen MR) is 160 cm³/mol. The first-order chi connectivity index (χ1) is 20.8. The summed E-state index contributed by atoms with van der Waals surface area (Å²) >= 11 is 6.62. The van der Waals surface area contributed by atoms with Gasteiger partial charge in [0.1, 0.15) is 23.8 Å². The Balaban J connectivity index is 1.65. The first-order valence-electron chi connectivity index (χ1n) is 14.2. The summed E-state index contributed by atoms with van der Waals surface area (Å²) in [5, 5.41) is 12.3. The predicted octanol–water partition coefficient (Wildman–Crippen LogP) is 5.48. The largest absolute Gasteiger partial charge is 0.351 e. The smallest absolute Gasteiger partial charge is 0.252 e. The summed E-state index contributed by atoms with van der Waals surface area (Å²) < 4.78 is 27.5. The number of alkyl halides is 2. The standard InChI is InChI=1S/C32H31ClF2N6O3/c1-31(2,3)19-7-6-8-22(15-19)40(29(44)25-11-12-26(42)41(25)30-37-14-13-20(18-36)39-30)27(23-9-4-5-10-24(23)33)28(43)38-21-16-32(34,35)17-21/h4-10,13-15,21,25,27H,11-12,16-17H2,1-3H3,(H,38,43)/t25-,27?/m0/s1. The SMILES string of the molecule is CC(C)(C)c1cccc(N(C(=O)[C@@H]2CCC(=O)N2c2nccc(C#N)n2)C(C(=O)NC2CC(F)(F)C2)c2ccccc2Cl)c1. The third kappa shape index (κ3) is 6.26. The molecule has 0 bridgehead atoms. The Labute approximate surface area is 258 Å².